The van der Waals surface area contributed by atoms with E-state index >= 15 is 0 Å². The Labute approximate surface area is 126 Å². The van der Waals surface area contributed by atoms with E-state index in [0.29, 0.717) is 45.7 Å². The van der Waals surface area contributed by atoms with Gasteiger partial charge in [0.1, 0.15) is 0 Å². The first-order valence-corrected chi connectivity index (χ1v) is 9.24. The molecule has 122 valence electrons. The van der Waals surface area contributed by atoms with Crippen molar-refractivity contribution in [1.82, 2.24) is 9.03 Å². The molecule has 0 radical (unpaired) electrons. The Morgan fingerprint density at radius 1 is 1.19 bits per heavy atom. The van der Waals surface area contributed by atoms with Crippen LogP contribution in [0, 0.1) is 5.92 Å². The molecule has 1 aliphatic carbocycles. The average Bonchev–Trinajstić information content (AvgIpc) is 3.09. The number of piperidine rings is 1. The van der Waals surface area contributed by atoms with Gasteiger partial charge in [0, 0.05) is 32.0 Å². The van der Waals surface area contributed by atoms with Gasteiger partial charge in [0.15, 0.2) is 5.79 Å². The van der Waals surface area contributed by atoms with Crippen LogP contribution in [0.5, 0.6) is 0 Å². The summed E-state index contributed by atoms with van der Waals surface area (Å²) in [6.45, 7) is 2.62. The van der Waals surface area contributed by atoms with E-state index in [4.69, 9.17) is 15.2 Å². The third kappa shape index (κ3) is 3.25. The third-order valence-electron chi connectivity index (χ3n) is 4.90. The van der Waals surface area contributed by atoms with Gasteiger partial charge in [-0.15, -0.1) is 0 Å². The summed E-state index contributed by atoms with van der Waals surface area (Å²) in [5.41, 5.74) is 5.72. The first-order valence-electron chi connectivity index (χ1n) is 7.80. The lowest BCUT2D eigenvalue weighted by molar-refractivity contribution is -0.179. The van der Waals surface area contributed by atoms with Crippen LogP contribution in [-0.2, 0) is 19.7 Å². The van der Waals surface area contributed by atoms with Gasteiger partial charge in [0.2, 0.25) is 0 Å². The lowest BCUT2D eigenvalue weighted by Crippen LogP contribution is -2.53. The summed E-state index contributed by atoms with van der Waals surface area (Å²) < 4.78 is 40.6. The summed E-state index contributed by atoms with van der Waals surface area (Å²) in [6.07, 6.45) is 4.12. The van der Waals surface area contributed by atoms with Gasteiger partial charge in [-0.3, -0.25) is 0 Å². The van der Waals surface area contributed by atoms with Crippen molar-refractivity contribution >= 4 is 10.2 Å². The van der Waals surface area contributed by atoms with Crippen LogP contribution in [0.2, 0.25) is 0 Å². The lowest BCUT2D eigenvalue weighted by Gasteiger charge is -2.37. The predicted molar refractivity (Wildman–Crippen MR) is 77.7 cm³/mol. The SMILES string of the molecule is NCC1CCCC1NS(=O)(=O)N1CCC2(CC1)OCCO2. The monoisotopic (exact) mass is 319 g/mol. The van der Waals surface area contributed by atoms with Crippen molar-refractivity contribution in [2.24, 2.45) is 11.7 Å². The first kappa shape index (κ1) is 15.6. The number of hydrogen-bond donors (Lipinski definition) is 2. The summed E-state index contributed by atoms with van der Waals surface area (Å²) in [4.78, 5) is 0. The largest absolute Gasteiger partial charge is 0.347 e. The van der Waals surface area contributed by atoms with Crippen molar-refractivity contribution < 1.29 is 17.9 Å². The first-order chi connectivity index (χ1) is 10.0. The molecule has 0 aromatic rings. The van der Waals surface area contributed by atoms with Gasteiger partial charge in [-0.05, 0) is 25.3 Å². The number of rotatable bonds is 4. The molecule has 0 aromatic carbocycles. The molecule has 7 nitrogen and oxygen atoms in total. The maximum absolute atomic E-state index is 12.5. The smallest absolute Gasteiger partial charge is 0.279 e. The van der Waals surface area contributed by atoms with Gasteiger partial charge in [0.25, 0.3) is 10.2 Å². The summed E-state index contributed by atoms with van der Waals surface area (Å²) >= 11 is 0. The third-order valence-corrected chi connectivity index (χ3v) is 6.55. The minimum atomic E-state index is -3.44. The molecule has 1 saturated carbocycles. The Kier molecular flexibility index (Phi) is 4.54. The highest BCUT2D eigenvalue weighted by atomic mass is 32.2. The predicted octanol–water partition coefficient (Wildman–Crippen LogP) is -0.213. The molecule has 3 aliphatic rings. The Morgan fingerprint density at radius 3 is 2.48 bits per heavy atom. The van der Waals surface area contributed by atoms with Crippen molar-refractivity contribution in [2.45, 2.75) is 43.9 Å². The minimum Gasteiger partial charge on any atom is -0.347 e. The van der Waals surface area contributed by atoms with Crippen LogP contribution in [0.3, 0.4) is 0 Å². The molecular weight excluding hydrogens is 294 g/mol. The number of ether oxygens (including phenoxy) is 2. The molecular formula is C13H25N3O4S. The fourth-order valence-electron chi connectivity index (χ4n) is 3.59. The number of nitrogens with two attached hydrogens (primary N) is 1. The molecule has 3 fully saturated rings. The molecule has 0 bridgehead atoms. The average molecular weight is 319 g/mol. The lowest BCUT2D eigenvalue weighted by atomic mass is 10.1. The van der Waals surface area contributed by atoms with Crippen molar-refractivity contribution in [3.8, 4) is 0 Å². The topological polar surface area (TPSA) is 93.9 Å². The molecule has 2 saturated heterocycles. The highest BCUT2D eigenvalue weighted by Gasteiger charge is 2.43. The minimum absolute atomic E-state index is 0.0186. The molecule has 3 N–H and O–H groups in total. The molecule has 8 heteroatoms. The second-order valence-corrected chi connectivity index (χ2v) is 7.86. The standard InChI is InChI=1S/C13H25N3O4S/c14-10-11-2-1-3-12(11)15-21(17,18)16-6-4-13(5-7-16)19-8-9-20-13/h11-12,15H,1-10,14H2. The van der Waals surface area contributed by atoms with Crippen LogP contribution in [0.25, 0.3) is 0 Å². The van der Waals surface area contributed by atoms with Crippen LogP contribution in [0.15, 0.2) is 0 Å². The fraction of sp³-hybridized carbons (Fsp3) is 1.00. The number of nitrogens with zero attached hydrogens (tertiary/aromatic N) is 1. The van der Waals surface area contributed by atoms with Crippen LogP contribution in [0.1, 0.15) is 32.1 Å². The van der Waals surface area contributed by atoms with E-state index in [2.05, 4.69) is 4.72 Å². The second kappa shape index (κ2) is 6.10. The summed E-state index contributed by atoms with van der Waals surface area (Å²) in [6, 6.07) is -0.0186. The molecule has 2 aliphatic heterocycles. The summed E-state index contributed by atoms with van der Waals surface area (Å²) in [7, 11) is -3.44. The molecule has 0 aromatic heterocycles. The van der Waals surface area contributed by atoms with E-state index in [9.17, 15) is 8.42 Å². The molecule has 2 atom stereocenters. The van der Waals surface area contributed by atoms with Crippen LogP contribution in [0.4, 0.5) is 0 Å². The van der Waals surface area contributed by atoms with Crippen LogP contribution >= 0.6 is 0 Å². The van der Waals surface area contributed by atoms with Crippen molar-refractivity contribution in [3.63, 3.8) is 0 Å². The maximum Gasteiger partial charge on any atom is 0.279 e. The number of hydrogen-bond acceptors (Lipinski definition) is 5. The van der Waals surface area contributed by atoms with Crippen molar-refractivity contribution in [3.05, 3.63) is 0 Å². The molecule has 2 heterocycles. The Morgan fingerprint density at radius 2 is 1.86 bits per heavy atom. The highest BCUT2D eigenvalue weighted by molar-refractivity contribution is 7.87. The van der Waals surface area contributed by atoms with E-state index in [0.717, 1.165) is 19.3 Å². The van der Waals surface area contributed by atoms with E-state index < -0.39 is 16.0 Å². The Bertz CT molecular complexity index is 454. The van der Waals surface area contributed by atoms with Gasteiger partial charge >= 0.3 is 0 Å². The Balaban J connectivity index is 1.58. The van der Waals surface area contributed by atoms with Gasteiger partial charge < -0.3 is 15.2 Å². The van der Waals surface area contributed by atoms with Gasteiger partial charge in [-0.25, -0.2) is 0 Å². The van der Waals surface area contributed by atoms with E-state index in [1.165, 1.54) is 4.31 Å². The zero-order chi connectivity index (χ0) is 14.9. The van der Waals surface area contributed by atoms with Gasteiger partial charge in [-0.1, -0.05) is 6.42 Å². The molecule has 3 rings (SSSR count). The van der Waals surface area contributed by atoms with E-state index in [-0.39, 0.29) is 12.0 Å². The maximum atomic E-state index is 12.5. The fourth-order valence-corrected chi connectivity index (χ4v) is 5.10. The van der Waals surface area contributed by atoms with Gasteiger partial charge in [0.05, 0.1) is 13.2 Å². The van der Waals surface area contributed by atoms with Crippen molar-refractivity contribution in [1.29, 1.82) is 0 Å². The highest BCUT2D eigenvalue weighted by Crippen LogP contribution is 2.32. The van der Waals surface area contributed by atoms with E-state index in [1.54, 1.807) is 0 Å². The molecule has 21 heavy (non-hydrogen) atoms. The zero-order valence-electron chi connectivity index (χ0n) is 12.3. The van der Waals surface area contributed by atoms with E-state index in [1.807, 2.05) is 0 Å². The molecule has 2 unspecified atom stereocenters. The van der Waals surface area contributed by atoms with Crippen molar-refractivity contribution in [2.75, 3.05) is 32.8 Å². The van der Waals surface area contributed by atoms with Gasteiger partial charge in [-0.2, -0.15) is 17.4 Å². The van der Waals surface area contributed by atoms with Crippen LogP contribution < -0.4 is 10.5 Å². The molecule has 0 amide bonds. The zero-order valence-corrected chi connectivity index (χ0v) is 13.1. The van der Waals surface area contributed by atoms with Crippen LogP contribution in [-0.4, -0.2) is 57.4 Å². The number of nitrogens with one attached hydrogen (secondary N) is 1. The molecule has 1 spiro atoms. The summed E-state index contributed by atoms with van der Waals surface area (Å²) in [5, 5.41) is 0. The summed E-state index contributed by atoms with van der Waals surface area (Å²) in [5.74, 6) is -0.281. The second-order valence-electron chi connectivity index (χ2n) is 6.16. The quantitative estimate of drug-likeness (QED) is 0.747. The normalized spacial score (nSPS) is 33.8. The Hall–Kier alpha value is -0.250.